The molecule has 0 atom stereocenters. The molecule has 2 N–H and O–H groups in total. The van der Waals surface area contributed by atoms with Crippen molar-refractivity contribution in [3.63, 3.8) is 0 Å². The van der Waals surface area contributed by atoms with Crippen molar-refractivity contribution in [3.05, 3.63) is 47.2 Å². The SMILES string of the molecule is Cc1ccc(S(=O)(=O)Nc2cnc(N(C)C)c(C(=O)O)c2)c(C)c1. The zero-order valence-corrected chi connectivity index (χ0v) is 14.7. The molecule has 0 saturated carbocycles. The van der Waals surface area contributed by atoms with Crippen molar-refractivity contribution < 1.29 is 18.3 Å². The van der Waals surface area contributed by atoms with Gasteiger partial charge in [0.05, 0.1) is 16.8 Å². The first-order valence-corrected chi connectivity index (χ1v) is 8.61. The van der Waals surface area contributed by atoms with Crippen molar-refractivity contribution in [1.82, 2.24) is 4.98 Å². The monoisotopic (exact) mass is 349 g/mol. The Morgan fingerprint density at radius 3 is 2.42 bits per heavy atom. The van der Waals surface area contributed by atoms with Gasteiger partial charge in [-0.1, -0.05) is 17.7 Å². The maximum atomic E-state index is 12.5. The highest BCUT2D eigenvalue weighted by Crippen LogP contribution is 2.23. The fourth-order valence-electron chi connectivity index (χ4n) is 2.34. The van der Waals surface area contributed by atoms with Gasteiger partial charge in [-0.05, 0) is 31.5 Å². The summed E-state index contributed by atoms with van der Waals surface area (Å²) in [5.41, 5.74) is 1.58. The summed E-state index contributed by atoms with van der Waals surface area (Å²) in [7, 11) is -0.511. The number of carboxylic acid groups (broad SMARTS) is 1. The van der Waals surface area contributed by atoms with Crippen molar-refractivity contribution >= 4 is 27.5 Å². The van der Waals surface area contributed by atoms with E-state index in [2.05, 4.69) is 9.71 Å². The van der Waals surface area contributed by atoms with E-state index in [0.29, 0.717) is 5.56 Å². The number of benzene rings is 1. The van der Waals surface area contributed by atoms with Gasteiger partial charge in [0.2, 0.25) is 0 Å². The standard InChI is InChI=1S/C16H19N3O4S/c1-10-5-6-14(11(2)7-10)24(22,23)18-12-8-13(16(20)21)15(17-9-12)19(3)4/h5-9,18H,1-4H3,(H,20,21). The highest BCUT2D eigenvalue weighted by molar-refractivity contribution is 7.92. The van der Waals surface area contributed by atoms with E-state index in [4.69, 9.17) is 0 Å². The van der Waals surface area contributed by atoms with E-state index in [0.717, 1.165) is 5.56 Å². The second kappa shape index (κ2) is 6.48. The molecule has 0 spiro atoms. The first-order chi connectivity index (χ1) is 11.1. The molecule has 0 amide bonds. The van der Waals surface area contributed by atoms with Gasteiger partial charge in [-0.3, -0.25) is 4.72 Å². The third-order valence-electron chi connectivity index (χ3n) is 3.39. The van der Waals surface area contributed by atoms with E-state index in [1.807, 2.05) is 6.92 Å². The van der Waals surface area contributed by atoms with Crippen LogP contribution in [0.25, 0.3) is 0 Å². The molecule has 0 aliphatic heterocycles. The summed E-state index contributed by atoms with van der Waals surface area (Å²) in [6, 6.07) is 6.25. The predicted molar refractivity (Wildman–Crippen MR) is 92.2 cm³/mol. The topological polar surface area (TPSA) is 99.6 Å². The van der Waals surface area contributed by atoms with Gasteiger partial charge in [-0.15, -0.1) is 0 Å². The molecular weight excluding hydrogens is 330 g/mol. The number of carboxylic acids is 1. The van der Waals surface area contributed by atoms with Crippen LogP contribution in [-0.2, 0) is 10.0 Å². The summed E-state index contributed by atoms with van der Waals surface area (Å²) < 4.78 is 27.5. The summed E-state index contributed by atoms with van der Waals surface area (Å²) in [6.07, 6.45) is 1.29. The largest absolute Gasteiger partial charge is 0.478 e. The smallest absolute Gasteiger partial charge is 0.339 e. The van der Waals surface area contributed by atoms with Crippen LogP contribution in [0.3, 0.4) is 0 Å². The highest BCUT2D eigenvalue weighted by Gasteiger charge is 2.20. The average molecular weight is 349 g/mol. The molecule has 1 heterocycles. The fourth-order valence-corrected chi connectivity index (χ4v) is 3.60. The van der Waals surface area contributed by atoms with Crippen molar-refractivity contribution in [1.29, 1.82) is 0 Å². The second-order valence-corrected chi connectivity index (χ2v) is 7.32. The Morgan fingerprint density at radius 2 is 1.88 bits per heavy atom. The van der Waals surface area contributed by atoms with Crippen LogP contribution in [0.1, 0.15) is 21.5 Å². The molecule has 128 valence electrons. The molecule has 2 rings (SSSR count). The average Bonchev–Trinajstić information content (AvgIpc) is 2.45. The molecule has 0 fully saturated rings. The van der Waals surface area contributed by atoms with Gasteiger partial charge in [0.1, 0.15) is 11.4 Å². The molecular formula is C16H19N3O4S. The number of anilines is 2. The van der Waals surface area contributed by atoms with E-state index < -0.39 is 16.0 Å². The van der Waals surface area contributed by atoms with Crippen LogP contribution in [0.2, 0.25) is 0 Å². The van der Waals surface area contributed by atoms with E-state index in [1.165, 1.54) is 18.3 Å². The molecule has 0 aliphatic carbocycles. The summed E-state index contributed by atoms with van der Waals surface area (Å²) in [5.74, 6) is -0.935. The summed E-state index contributed by atoms with van der Waals surface area (Å²) in [6.45, 7) is 3.58. The molecule has 2 aromatic rings. The first kappa shape index (κ1) is 17.7. The molecule has 7 nitrogen and oxygen atoms in total. The Bertz CT molecular complexity index is 892. The molecule has 0 radical (unpaired) electrons. The van der Waals surface area contributed by atoms with Crippen molar-refractivity contribution in [2.45, 2.75) is 18.7 Å². The first-order valence-electron chi connectivity index (χ1n) is 7.12. The molecule has 1 aromatic heterocycles. The minimum atomic E-state index is -3.83. The lowest BCUT2D eigenvalue weighted by molar-refractivity contribution is 0.0697. The van der Waals surface area contributed by atoms with Gasteiger partial charge in [0.25, 0.3) is 10.0 Å². The maximum Gasteiger partial charge on any atom is 0.339 e. The Morgan fingerprint density at radius 1 is 1.21 bits per heavy atom. The minimum Gasteiger partial charge on any atom is -0.478 e. The molecule has 0 aliphatic rings. The lowest BCUT2D eigenvalue weighted by atomic mass is 10.2. The Balaban J connectivity index is 2.43. The van der Waals surface area contributed by atoms with Crippen molar-refractivity contribution in [2.24, 2.45) is 0 Å². The van der Waals surface area contributed by atoms with Gasteiger partial charge < -0.3 is 10.0 Å². The fraction of sp³-hybridized carbons (Fsp3) is 0.250. The number of aryl methyl sites for hydroxylation is 2. The number of hydrogen-bond acceptors (Lipinski definition) is 5. The van der Waals surface area contributed by atoms with Crippen LogP contribution in [0.4, 0.5) is 11.5 Å². The summed E-state index contributed by atoms with van der Waals surface area (Å²) >= 11 is 0. The number of aromatic carboxylic acids is 1. The van der Waals surface area contributed by atoms with Crippen LogP contribution in [0.15, 0.2) is 35.4 Å². The normalized spacial score (nSPS) is 11.2. The quantitative estimate of drug-likeness (QED) is 0.859. The predicted octanol–water partition coefficient (Wildman–Crippen LogP) is 2.26. The Hall–Kier alpha value is -2.61. The number of nitrogens with zero attached hydrogens (tertiary/aromatic N) is 2. The van der Waals surface area contributed by atoms with Gasteiger partial charge >= 0.3 is 5.97 Å². The lowest BCUT2D eigenvalue weighted by Gasteiger charge is -2.16. The number of sulfonamides is 1. The molecule has 0 bridgehead atoms. The van der Waals surface area contributed by atoms with Crippen LogP contribution in [0.5, 0.6) is 0 Å². The number of hydrogen-bond donors (Lipinski definition) is 2. The highest BCUT2D eigenvalue weighted by atomic mass is 32.2. The van der Waals surface area contributed by atoms with Crippen molar-refractivity contribution in [2.75, 3.05) is 23.7 Å². The van der Waals surface area contributed by atoms with Gasteiger partial charge in [-0.2, -0.15) is 0 Å². The van der Waals surface area contributed by atoms with E-state index in [1.54, 1.807) is 38.1 Å². The number of rotatable bonds is 5. The van der Waals surface area contributed by atoms with E-state index in [-0.39, 0.29) is 22.0 Å². The molecule has 0 unspecified atom stereocenters. The van der Waals surface area contributed by atoms with Gasteiger partial charge in [0, 0.05) is 14.1 Å². The van der Waals surface area contributed by atoms with Crippen LogP contribution >= 0.6 is 0 Å². The molecule has 1 aromatic carbocycles. The van der Waals surface area contributed by atoms with Crippen molar-refractivity contribution in [3.8, 4) is 0 Å². The number of nitrogens with one attached hydrogen (secondary N) is 1. The van der Waals surface area contributed by atoms with Gasteiger partial charge in [-0.25, -0.2) is 18.2 Å². The maximum absolute atomic E-state index is 12.5. The third-order valence-corrected chi connectivity index (χ3v) is 4.93. The Kier molecular flexibility index (Phi) is 4.79. The summed E-state index contributed by atoms with van der Waals surface area (Å²) in [4.78, 5) is 17.1. The molecule has 8 heteroatoms. The van der Waals surface area contributed by atoms with E-state index in [9.17, 15) is 18.3 Å². The number of pyridine rings is 1. The van der Waals surface area contributed by atoms with Crippen LogP contribution in [-0.4, -0.2) is 38.6 Å². The van der Waals surface area contributed by atoms with E-state index >= 15 is 0 Å². The van der Waals surface area contributed by atoms with Gasteiger partial charge in [0.15, 0.2) is 0 Å². The van der Waals surface area contributed by atoms with Crippen LogP contribution in [0, 0.1) is 13.8 Å². The number of aromatic nitrogens is 1. The second-order valence-electron chi connectivity index (χ2n) is 5.67. The summed E-state index contributed by atoms with van der Waals surface area (Å²) in [5, 5.41) is 9.29. The lowest BCUT2D eigenvalue weighted by Crippen LogP contribution is -2.18. The number of carbonyl (C=O) groups is 1. The third kappa shape index (κ3) is 3.65. The molecule has 0 saturated heterocycles. The minimum absolute atomic E-state index is 0.0826. The Labute approximate surface area is 141 Å². The van der Waals surface area contributed by atoms with Crippen LogP contribution < -0.4 is 9.62 Å². The molecule has 24 heavy (non-hydrogen) atoms. The zero-order valence-electron chi connectivity index (χ0n) is 13.9. The zero-order chi connectivity index (χ0) is 18.1.